The maximum absolute atomic E-state index is 12.8. The van der Waals surface area contributed by atoms with Crippen LogP contribution in [0.4, 0.5) is 15.9 Å². The average molecular weight is 325 g/mol. The first-order valence-corrected chi connectivity index (χ1v) is 8.16. The molecule has 0 bridgehead atoms. The number of pyridine rings is 1. The zero-order valence-electron chi connectivity index (χ0n) is 13.4. The number of anilines is 2. The molecule has 1 N–H and O–H groups in total. The fourth-order valence-electron chi connectivity index (χ4n) is 2.71. The van der Waals surface area contributed by atoms with E-state index in [9.17, 15) is 9.18 Å². The fraction of sp³-hybridized carbons (Fsp3) is 0.263. The van der Waals surface area contributed by atoms with Crippen molar-refractivity contribution >= 4 is 23.5 Å². The third kappa shape index (κ3) is 4.41. The van der Waals surface area contributed by atoms with Crippen molar-refractivity contribution in [3.8, 4) is 0 Å². The predicted molar refractivity (Wildman–Crippen MR) is 94.4 cm³/mol. The van der Waals surface area contributed by atoms with Gasteiger partial charge in [-0.2, -0.15) is 0 Å². The number of benzene rings is 1. The summed E-state index contributed by atoms with van der Waals surface area (Å²) in [5.41, 5.74) is 1.86. The van der Waals surface area contributed by atoms with Gasteiger partial charge in [0.2, 0.25) is 5.91 Å². The van der Waals surface area contributed by atoms with Gasteiger partial charge < -0.3 is 10.2 Å². The maximum atomic E-state index is 12.8. The third-order valence-electron chi connectivity index (χ3n) is 4.02. The van der Waals surface area contributed by atoms with Gasteiger partial charge >= 0.3 is 0 Å². The topological polar surface area (TPSA) is 45.2 Å². The van der Waals surface area contributed by atoms with E-state index in [4.69, 9.17) is 0 Å². The summed E-state index contributed by atoms with van der Waals surface area (Å²) in [5.74, 6) is -0.0448. The molecule has 1 aromatic heterocycles. The summed E-state index contributed by atoms with van der Waals surface area (Å²) in [6.45, 7) is 2.13. The van der Waals surface area contributed by atoms with E-state index >= 15 is 0 Å². The lowest BCUT2D eigenvalue weighted by Gasteiger charge is -2.28. The van der Waals surface area contributed by atoms with Crippen molar-refractivity contribution in [3.63, 3.8) is 0 Å². The van der Waals surface area contributed by atoms with Crippen LogP contribution in [0.5, 0.6) is 0 Å². The number of nitrogens with one attached hydrogen (secondary N) is 1. The first kappa shape index (κ1) is 16.2. The lowest BCUT2D eigenvalue weighted by molar-refractivity contribution is -0.111. The quantitative estimate of drug-likeness (QED) is 0.868. The Morgan fingerprint density at radius 2 is 1.83 bits per heavy atom. The minimum atomic E-state index is -0.297. The number of hydrogen-bond acceptors (Lipinski definition) is 3. The highest BCUT2D eigenvalue weighted by Crippen LogP contribution is 2.19. The molecule has 24 heavy (non-hydrogen) atoms. The van der Waals surface area contributed by atoms with Crippen LogP contribution in [-0.4, -0.2) is 24.0 Å². The Bertz CT molecular complexity index is 704. The van der Waals surface area contributed by atoms with Crippen LogP contribution in [0.1, 0.15) is 24.8 Å². The number of carbonyl (C=O) groups is 1. The molecule has 1 amide bonds. The molecule has 0 saturated carbocycles. The molecule has 4 nitrogen and oxygen atoms in total. The molecule has 0 spiro atoms. The summed E-state index contributed by atoms with van der Waals surface area (Å²) in [4.78, 5) is 18.5. The molecule has 124 valence electrons. The van der Waals surface area contributed by atoms with Crippen molar-refractivity contribution in [2.24, 2.45) is 0 Å². The van der Waals surface area contributed by atoms with Crippen LogP contribution in [0.3, 0.4) is 0 Å². The van der Waals surface area contributed by atoms with E-state index in [2.05, 4.69) is 15.2 Å². The van der Waals surface area contributed by atoms with Crippen molar-refractivity contribution in [1.82, 2.24) is 4.98 Å². The Hall–Kier alpha value is -2.69. The number of rotatable bonds is 4. The minimum Gasteiger partial charge on any atom is -0.370 e. The van der Waals surface area contributed by atoms with E-state index < -0.39 is 0 Å². The molecule has 1 aliphatic rings. The largest absolute Gasteiger partial charge is 0.370 e. The van der Waals surface area contributed by atoms with Crippen LogP contribution >= 0.6 is 0 Å². The van der Waals surface area contributed by atoms with Gasteiger partial charge in [0.05, 0.1) is 11.9 Å². The predicted octanol–water partition coefficient (Wildman–Crippen LogP) is 3.86. The van der Waals surface area contributed by atoms with Gasteiger partial charge in [-0.15, -0.1) is 0 Å². The molecule has 3 rings (SSSR count). The number of carbonyl (C=O) groups excluding carboxylic acids is 1. The van der Waals surface area contributed by atoms with Crippen molar-refractivity contribution in [1.29, 1.82) is 0 Å². The number of hydrogen-bond donors (Lipinski definition) is 1. The van der Waals surface area contributed by atoms with Crippen molar-refractivity contribution in [2.45, 2.75) is 19.3 Å². The molecule has 5 heteroatoms. The van der Waals surface area contributed by atoms with Crippen molar-refractivity contribution < 1.29 is 9.18 Å². The molecule has 0 radical (unpaired) electrons. The van der Waals surface area contributed by atoms with E-state index in [0.29, 0.717) is 5.82 Å². The Labute approximate surface area is 141 Å². The Kier molecular flexibility index (Phi) is 5.21. The molecular formula is C19H20FN3O. The summed E-state index contributed by atoms with van der Waals surface area (Å²) in [6.07, 6.45) is 8.56. The smallest absolute Gasteiger partial charge is 0.249 e. The second kappa shape index (κ2) is 7.73. The highest BCUT2D eigenvalue weighted by atomic mass is 19.1. The van der Waals surface area contributed by atoms with Crippen LogP contribution in [0, 0.1) is 5.82 Å². The van der Waals surface area contributed by atoms with Gasteiger partial charge in [-0.3, -0.25) is 4.79 Å². The number of aromatic nitrogens is 1. The molecule has 1 aliphatic heterocycles. The van der Waals surface area contributed by atoms with Crippen molar-refractivity contribution in [2.75, 3.05) is 23.3 Å². The second-order valence-corrected chi connectivity index (χ2v) is 5.82. The normalized spacial score (nSPS) is 14.8. The first-order valence-electron chi connectivity index (χ1n) is 8.16. The minimum absolute atomic E-state index is 0.266. The highest BCUT2D eigenvalue weighted by Gasteiger charge is 2.11. The van der Waals surface area contributed by atoms with E-state index in [1.54, 1.807) is 24.4 Å². The Balaban J connectivity index is 1.57. The van der Waals surface area contributed by atoms with Crippen LogP contribution in [-0.2, 0) is 4.79 Å². The van der Waals surface area contributed by atoms with Gasteiger partial charge in [0, 0.05) is 19.2 Å². The van der Waals surface area contributed by atoms with Crippen LogP contribution in [0.25, 0.3) is 6.08 Å². The number of amides is 1. The fourth-order valence-corrected chi connectivity index (χ4v) is 2.71. The Morgan fingerprint density at radius 3 is 2.50 bits per heavy atom. The summed E-state index contributed by atoms with van der Waals surface area (Å²) in [6, 6.07) is 9.75. The molecule has 2 aromatic rings. The maximum Gasteiger partial charge on any atom is 0.249 e. The molecule has 2 heterocycles. The van der Waals surface area contributed by atoms with Gasteiger partial charge in [0.15, 0.2) is 0 Å². The second-order valence-electron chi connectivity index (χ2n) is 5.82. The van der Waals surface area contributed by atoms with Crippen LogP contribution in [0.2, 0.25) is 0 Å². The van der Waals surface area contributed by atoms with E-state index in [1.807, 2.05) is 12.1 Å². The molecule has 1 saturated heterocycles. The zero-order chi connectivity index (χ0) is 16.8. The average Bonchev–Trinajstić information content (AvgIpc) is 2.63. The third-order valence-corrected chi connectivity index (χ3v) is 4.02. The lowest BCUT2D eigenvalue weighted by Crippen LogP contribution is -2.29. The van der Waals surface area contributed by atoms with Gasteiger partial charge in [-0.1, -0.05) is 12.1 Å². The number of piperidine rings is 1. The standard InChI is InChI=1S/C19H20FN3O/c20-16-7-4-15(5-8-16)6-11-19(24)22-18-10-9-17(14-21-18)23-12-2-1-3-13-23/h4-11,14H,1-3,12-13H2,(H,21,22,24)/b11-6+. The zero-order valence-corrected chi connectivity index (χ0v) is 13.4. The molecular weight excluding hydrogens is 305 g/mol. The molecule has 0 atom stereocenters. The Morgan fingerprint density at radius 1 is 1.08 bits per heavy atom. The first-order chi connectivity index (χ1) is 11.7. The summed E-state index contributed by atoms with van der Waals surface area (Å²) in [7, 11) is 0. The summed E-state index contributed by atoms with van der Waals surface area (Å²) >= 11 is 0. The van der Waals surface area contributed by atoms with Gasteiger partial charge in [-0.05, 0) is 55.2 Å². The van der Waals surface area contributed by atoms with E-state index in [0.717, 1.165) is 24.3 Å². The van der Waals surface area contributed by atoms with Gasteiger partial charge in [0.25, 0.3) is 0 Å². The van der Waals surface area contributed by atoms with Crippen LogP contribution < -0.4 is 10.2 Å². The van der Waals surface area contributed by atoms with Crippen LogP contribution in [0.15, 0.2) is 48.7 Å². The molecule has 1 fully saturated rings. The van der Waals surface area contributed by atoms with E-state index in [-0.39, 0.29) is 11.7 Å². The monoisotopic (exact) mass is 325 g/mol. The van der Waals surface area contributed by atoms with Gasteiger partial charge in [-0.25, -0.2) is 9.37 Å². The SMILES string of the molecule is O=C(/C=C/c1ccc(F)cc1)Nc1ccc(N2CCCCC2)cn1. The number of nitrogens with zero attached hydrogens (tertiary/aromatic N) is 2. The van der Waals surface area contributed by atoms with E-state index in [1.165, 1.54) is 37.5 Å². The van der Waals surface area contributed by atoms with Gasteiger partial charge in [0.1, 0.15) is 11.6 Å². The van der Waals surface area contributed by atoms with Crippen molar-refractivity contribution in [3.05, 3.63) is 60.1 Å². The lowest BCUT2D eigenvalue weighted by atomic mass is 10.1. The highest BCUT2D eigenvalue weighted by molar-refractivity contribution is 6.01. The number of halogens is 1. The molecule has 0 aliphatic carbocycles. The molecule has 0 unspecified atom stereocenters. The summed E-state index contributed by atoms with van der Waals surface area (Å²) < 4.78 is 12.8. The molecule has 1 aromatic carbocycles. The summed E-state index contributed by atoms with van der Waals surface area (Å²) in [5, 5.41) is 2.72.